The van der Waals surface area contributed by atoms with Gasteiger partial charge < -0.3 is 5.11 Å². The van der Waals surface area contributed by atoms with E-state index in [9.17, 15) is 13.9 Å². The third-order valence-electron chi connectivity index (χ3n) is 3.90. The SMILES string of the molecule is CC1(CO)CCCN1CCc1ccc(F)c(F)c1. The van der Waals surface area contributed by atoms with Crippen LogP contribution in [0.3, 0.4) is 0 Å². The zero-order valence-electron chi connectivity index (χ0n) is 10.6. The summed E-state index contributed by atoms with van der Waals surface area (Å²) in [7, 11) is 0. The molecule has 1 N–H and O–H groups in total. The zero-order chi connectivity index (χ0) is 13.2. The Hall–Kier alpha value is -1.00. The summed E-state index contributed by atoms with van der Waals surface area (Å²) in [5, 5.41) is 9.42. The molecule has 18 heavy (non-hydrogen) atoms. The number of benzene rings is 1. The van der Waals surface area contributed by atoms with Crippen LogP contribution in [0.1, 0.15) is 25.3 Å². The molecule has 0 radical (unpaired) electrons. The smallest absolute Gasteiger partial charge is 0.159 e. The number of nitrogens with zero attached hydrogens (tertiary/aromatic N) is 1. The second-order valence-electron chi connectivity index (χ2n) is 5.24. The van der Waals surface area contributed by atoms with E-state index in [1.807, 2.05) is 6.92 Å². The Morgan fingerprint density at radius 2 is 2.11 bits per heavy atom. The molecule has 1 aliphatic heterocycles. The van der Waals surface area contributed by atoms with Gasteiger partial charge in [0.15, 0.2) is 11.6 Å². The van der Waals surface area contributed by atoms with Crippen molar-refractivity contribution < 1.29 is 13.9 Å². The lowest BCUT2D eigenvalue weighted by Gasteiger charge is -2.33. The lowest BCUT2D eigenvalue weighted by Crippen LogP contribution is -2.45. The van der Waals surface area contributed by atoms with Crippen molar-refractivity contribution in [2.24, 2.45) is 0 Å². The largest absolute Gasteiger partial charge is 0.394 e. The Labute approximate surface area is 106 Å². The van der Waals surface area contributed by atoms with Crippen LogP contribution >= 0.6 is 0 Å². The molecular weight excluding hydrogens is 236 g/mol. The minimum absolute atomic E-state index is 0.144. The van der Waals surface area contributed by atoms with Crippen LogP contribution in [0.5, 0.6) is 0 Å². The molecule has 2 rings (SSSR count). The summed E-state index contributed by atoms with van der Waals surface area (Å²) in [6, 6.07) is 4.03. The third-order valence-corrected chi connectivity index (χ3v) is 3.90. The summed E-state index contributed by atoms with van der Waals surface area (Å²) in [4.78, 5) is 2.23. The van der Waals surface area contributed by atoms with Crippen molar-refractivity contribution in [2.75, 3.05) is 19.7 Å². The Bertz CT molecular complexity index is 424. The molecule has 0 aromatic heterocycles. The summed E-state index contributed by atoms with van der Waals surface area (Å²) in [6.45, 7) is 3.92. The van der Waals surface area contributed by atoms with Gasteiger partial charge in [-0.05, 0) is 50.4 Å². The topological polar surface area (TPSA) is 23.5 Å². The van der Waals surface area contributed by atoms with Crippen LogP contribution in [0.2, 0.25) is 0 Å². The zero-order valence-corrected chi connectivity index (χ0v) is 10.6. The van der Waals surface area contributed by atoms with Crippen molar-refractivity contribution in [1.29, 1.82) is 0 Å². The maximum absolute atomic E-state index is 13.1. The minimum Gasteiger partial charge on any atom is -0.394 e. The van der Waals surface area contributed by atoms with Gasteiger partial charge in [0, 0.05) is 12.1 Å². The molecule has 1 saturated heterocycles. The Morgan fingerprint density at radius 3 is 2.78 bits per heavy atom. The first kappa shape index (κ1) is 13.4. The highest BCUT2D eigenvalue weighted by atomic mass is 19.2. The Balaban J connectivity index is 1.97. The van der Waals surface area contributed by atoms with E-state index in [0.29, 0.717) is 6.42 Å². The molecule has 1 atom stereocenters. The number of likely N-dealkylation sites (tertiary alicyclic amines) is 1. The van der Waals surface area contributed by atoms with Gasteiger partial charge in [-0.2, -0.15) is 0 Å². The second-order valence-corrected chi connectivity index (χ2v) is 5.24. The van der Waals surface area contributed by atoms with Gasteiger partial charge >= 0.3 is 0 Å². The van der Waals surface area contributed by atoms with E-state index >= 15 is 0 Å². The van der Waals surface area contributed by atoms with E-state index in [4.69, 9.17) is 0 Å². The van der Waals surface area contributed by atoms with Crippen LogP contribution in [0, 0.1) is 11.6 Å². The number of rotatable bonds is 4. The van der Waals surface area contributed by atoms with Gasteiger partial charge in [0.2, 0.25) is 0 Å². The van der Waals surface area contributed by atoms with Crippen molar-refractivity contribution in [1.82, 2.24) is 4.90 Å². The fraction of sp³-hybridized carbons (Fsp3) is 0.571. The van der Waals surface area contributed by atoms with E-state index in [0.717, 1.165) is 31.5 Å². The highest BCUT2D eigenvalue weighted by Gasteiger charge is 2.35. The summed E-state index contributed by atoms with van der Waals surface area (Å²) in [5.74, 6) is -1.60. The van der Waals surface area contributed by atoms with E-state index in [1.54, 1.807) is 6.07 Å². The van der Waals surface area contributed by atoms with Gasteiger partial charge in [0.1, 0.15) is 0 Å². The van der Waals surface area contributed by atoms with Crippen LogP contribution in [-0.2, 0) is 6.42 Å². The molecule has 4 heteroatoms. The van der Waals surface area contributed by atoms with E-state index in [-0.39, 0.29) is 12.1 Å². The van der Waals surface area contributed by atoms with Crippen LogP contribution in [0.25, 0.3) is 0 Å². The lowest BCUT2D eigenvalue weighted by atomic mass is 10.00. The van der Waals surface area contributed by atoms with Crippen LogP contribution in [0.15, 0.2) is 18.2 Å². The van der Waals surface area contributed by atoms with Gasteiger partial charge in [0.05, 0.1) is 6.61 Å². The van der Waals surface area contributed by atoms with Gasteiger partial charge in [-0.1, -0.05) is 6.07 Å². The van der Waals surface area contributed by atoms with Crippen molar-refractivity contribution in [3.63, 3.8) is 0 Å². The molecule has 1 fully saturated rings. The minimum atomic E-state index is -0.805. The Kier molecular flexibility index (Phi) is 3.97. The third kappa shape index (κ3) is 2.70. The molecule has 1 aromatic carbocycles. The monoisotopic (exact) mass is 255 g/mol. The first-order valence-corrected chi connectivity index (χ1v) is 6.35. The molecule has 1 aliphatic rings. The number of hydrogen-bond donors (Lipinski definition) is 1. The van der Waals surface area contributed by atoms with Gasteiger partial charge in [0.25, 0.3) is 0 Å². The Morgan fingerprint density at radius 1 is 1.33 bits per heavy atom. The van der Waals surface area contributed by atoms with Crippen molar-refractivity contribution in [2.45, 2.75) is 31.7 Å². The molecular formula is C14H19F2NO. The number of aliphatic hydroxyl groups is 1. The van der Waals surface area contributed by atoms with Gasteiger partial charge in [-0.15, -0.1) is 0 Å². The van der Waals surface area contributed by atoms with Crippen molar-refractivity contribution >= 4 is 0 Å². The standard InChI is InChI=1S/C14H19F2NO/c1-14(10-18)6-2-7-17(14)8-5-11-3-4-12(15)13(16)9-11/h3-4,9,18H,2,5-8,10H2,1H3. The molecule has 0 aliphatic carbocycles. The normalized spacial score (nSPS) is 24.7. The van der Waals surface area contributed by atoms with Crippen LogP contribution in [-0.4, -0.2) is 35.2 Å². The molecule has 100 valence electrons. The summed E-state index contributed by atoms with van der Waals surface area (Å²) in [6.07, 6.45) is 2.74. The molecule has 0 amide bonds. The van der Waals surface area contributed by atoms with Crippen molar-refractivity contribution in [3.05, 3.63) is 35.4 Å². The molecule has 0 saturated carbocycles. The summed E-state index contributed by atoms with van der Waals surface area (Å²) in [5.41, 5.74) is 0.638. The fourth-order valence-corrected chi connectivity index (χ4v) is 2.60. The van der Waals surface area contributed by atoms with Crippen LogP contribution < -0.4 is 0 Å². The summed E-state index contributed by atoms with van der Waals surface area (Å²) < 4.78 is 25.9. The molecule has 0 bridgehead atoms. The number of halogens is 2. The fourth-order valence-electron chi connectivity index (χ4n) is 2.60. The lowest BCUT2D eigenvalue weighted by molar-refractivity contribution is 0.0800. The molecule has 2 nitrogen and oxygen atoms in total. The predicted octanol–water partition coefficient (Wildman–Crippen LogP) is 2.35. The predicted molar refractivity (Wildman–Crippen MR) is 66.4 cm³/mol. The first-order chi connectivity index (χ1) is 8.55. The van der Waals surface area contributed by atoms with Crippen molar-refractivity contribution in [3.8, 4) is 0 Å². The molecule has 1 unspecified atom stereocenters. The molecule has 1 aromatic rings. The first-order valence-electron chi connectivity index (χ1n) is 6.35. The second kappa shape index (κ2) is 5.33. The maximum atomic E-state index is 13.1. The van der Waals surface area contributed by atoms with Gasteiger partial charge in [-0.25, -0.2) is 8.78 Å². The number of hydrogen-bond acceptors (Lipinski definition) is 2. The summed E-state index contributed by atoms with van der Waals surface area (Å²) >= 11 is 0. The quantitative estimate of drug-likeness (QED) is 0.892. The molecule has 1 heterocycles. The molecule has 0 spiro atoms. The van der Waals surface area contributed by atoms with E-state index in [2.05, 4.69) is 4.90 Å². The highest BCUT2D eigenvalue weighted by Crippen LogP contribution is 2.28. The number of aliphatic hydroxyl groups excluding tert-OH is 1. The average molecular weight is 255 g/mol. The highest BCUT2D eigenvalue weighted by molar-refractivity contribution is 5.18. The maximum Gasteiger partial charge on any atom is 0.159 e. The van der Waals surface area contributed by atoms with Crippen LogP contribution in [0.4, 0.5) is 8.78 Å². The average Bonchev–Trinajstić information content (AvgIpc) is 2.73. The van der Waals surface area contributed by atoms with E-state index in [1.165, 1.54) is 12.1 Å². The van der Waals surface area contributed by atoms with Gasteiger partial charge in [-0.3, -0.25) is 4.90 Å². The van der Waals surface area contributed by atoms with E-state index < -0.39 is 11.6 Å².